The molecule has 21 heavy (non-hydrogen) atoms. The quantitative estimate of drug-likeness (QED) is 0.813. The molecule has 118 valence electrons. The van der Waals surface area contributed by atoms with E-state index in [2.05, 4.69) is 66.2 Å². The van der Waals surface area contributed by atoms with Crippen LogP contribution in [0.15, 0.2) is 30.3 Å². The molecule has 1 heterocycles. The molecule has 1 fully saturated rings. The molecular weight excluding hydrogens is 258 g/mol. The highest BCUT2D eigenvalue weighted by molar-refractivity contribution is 5.46. The maximum absolute atomic E-state index is 3.58. The Morgan fingerprint density at radius 3 is 2.24 bits per heavy atom. The van der Waals surface area contributed by atoms with Gasteiger partial charge in [0.2, 0.25) is 0 Å². The summed E-state index contributed by atoms with van der Waals surface area (Å²) >= 11 is 0. The van der Waals surface area contributed by atoms with Crippen molar-refractivity contribution in [2.45, 2.75) is 27.2 Å². The highest BCUT2D eigenvalue weighted by Gasteiger charge is 2.16. The van der Waals surface area contributed by atoms with E-state index in [1.54, 1.807) is 0 Å². The highest BCUT2D eigenvalue weighted by Crippen LogP contribution is 2.17. The lowest BCUT2D eigenvalue weighted by molar-refractivity contribution is 0.255. The fourth-order valence-electron chi connectivity index (χ4n) is 2.69. The Morgan fingerprint density at radius 1 is 0.952 bits per heavy atom. The minimum atomic E-state index is 0.439. The molecule has 0 aromatic heterocycles. The second-order valence-electron chi connectivity index (χ2n) is 7.22. The molecule has 1 N–H and O–H groups in total. The number of nitrogens with one attached hydrogen (secondary N) is 1. The fourth-order valence-corrected chi connectivity index (χ4v) is 2.69. The molecule has 0 unspecified atom stereocenters. The molecule has 0 amide bonds. The van der Waals surface area contributed by atoms with Crippen molar-refractivity contribution >= 4 is 5.69 Å². The van der Waals surface area contributed by atoms with Crippen molar-refractivity contribution < 1.29 is 0 Å². The van der Waals surface area contributed by atoms with E-state index in [0.717, 1.165) is 26.2 Å². The summed E-state index contributed by atoms with van der Waals surface area (Å²) in [6.07, 6.45) is 1.24. The first-order valence-corrected chi connectivity index (χ1v) is 8.28. The molecule has 2 rings (SSSR count). The van der Waals surface area contributed by atoms with Crippen molar-refractivity contribution in [2.24, 2.45) is 5.41 Å². The number of rotatable bonds is 6. The number of hydrogen-bond acceptors (Lipinski definition) is 3. The summed E-state index contributed by atoms with van der Waals surface area (Å²) in [6, 6.07) is 10.8. The normalized spacial score (nSPS) is 17.2. The van der Waals surface area contributed by atoms with Gasteiger partial charge in [-0.15, -0.1) is 0 Å². The van der Waals surface area contributed by atoms with Crippen LogP contribution in [-0.4, -0.2) is 50.7 Å². The van der Waals surface area contributed by atoms with Crippen molar-refractivity contribution in [1.82, 2.24) is 10.2 Å². The van der Waals surface area contributed by atoms with Crippen LogP contribution in [0.2, 0.25) is 0 Å². The van der Waals surface area contributed by atoms with E-state index in [4.69, 9.17) is 0 Å². The maximum Gasteiger partial charge on any atom is 0.0367 e. The Balaban J connectivity index is 1.59. The van der Waals surface area contributed by atoms with E-state index in [1.165, 1.54) is 31.7 Å². The van der Waals surface area contributed by atoms with Crippen molar-refractivity contribution in [3.63, 3.8) is 0 Å². The monoisotopic (exact) mass is 289 g/mol. The lowest BCUT2D eigenvalue weighted by Crippen LogP contribution is -2.48. The Kier molecular flexibility index (Phi) is 6.07. The summed E-state index contributed by atoms with van der Waals surface area (Å²) in [5, 5.41) is 3.58. The van der Waals surface area contributed by atoms with E-state index in [9.17, 15) is 0 Å². The average Bonchev–Trinajstić information content (AvgIpc) is 2.47. The van der Waals surface area contributed by atoms with E-state index in [-0.39, 0.29) is 0 Å². The number of hydrogen-bond donors (Lipinski definition) is 1. The standard InChI is InChI=1S/C18H31N3/c1-18(2,3)9-10-19-11-12-20-13-15-21(16-14-20)17-7-5-4-6-8-17/h4-8,19H,9-16H2,1-3H3. The Bertz CT molecular complexity index is 389. The largest absolute Gasteiger partial charge is 0.369 e. The molecule has 1 aliphatic rings. The van der Waals surface area contributed by atoms with Gasteiger partial charge in [-0.1, -0.05) is 39.0 Å². The topological polar surface area (TPSA) is 18.5 Å². The molecule has 0 radical (unpaired) electrons. The van der Waals surface area contributed by atoms with Gasteiger partial charge in [0, 0.05) is 45.0 Å². The maximum atomic E-state index is 3.58. The zero-order chi connectivity index (χ0) is 15.1. The van der Waals surface area contributed by atoms with Gasteiger partial charge in [0.15, 0.2) is 0 Å². The van der Waals surface area contributed by atoms with Gasteiger partial charge in [-0.25, -0.2) is 0 Å². The van der Waals surface area contributed by atoms with Gasteiger partial charge in [-0.05, 0) is 30.5 Å². The molecule has 0 atom stereocenters. The third-order valence-corrected chi connectivity index (χ3v) is 4.15. The summed E-state index contributed by atoms with van der Waals surface area (Å²) < 4.78 is 0. The smallest absolute Gasteiger partial charge is 0.0367 e. The van der Waals surface area contributed by atoms with Crippen LogP contribution < -0.4 is 10.2 Å². The molecule has 1 aromatic carbocycles. The van der Waals surface area contributed by atoms with Gasteiger partial charge in [-0.2, -0.15) is 0 Å². The van der Waals surface area contributed by atoms with Crippen LogP contribution in [0, 0.1) is 5.41 Å². The predicted octanol–water partition coefficient (Wildman–Crippen LogP) is 2.83. The van der Waals surface area contributed by atoms with Crippen molar-refractivity contribution in [3.05, 3.63) is 30.3 Å². The zero-order valence-electron chi connectivity index (χ0n) is 13.9. The Labute approximate surface area is 130 Å². The molecule has 0 aliphatic carbocycles. The van der Waals surface area contributed by atoms with Gasteiger partial charge >= 0.3 is 0 Å². The van der Waals surface area contributed by atoms with Crippen LogP contribution in [0.4, 0.5) is 5.69 Å². The number of piperazine rings is 1. The van der Waals surface area contributed by atoms with Crippen LogP contribution in [0.1, 0.15) is 27.2 Å². The summed E-state index contributed by atoms with van der Waals surface area (Å²) in [5.74, 6) is 0. The van der Waals surface area contributed by atoms with E-state index in [1.807, 2.05) is 0 Å². The van der Waals surface area contributed by atoms with E-state index >= 15 is 0 Å². The van der Waals surface area contributed by atoms with Crippen LogP contribution in [0.3, 0.4) is 0 Å². The summed E-state index contributed by atoms with van der Waals surface area (Å²) in [6.45, 7) is 15.0. The second kappa shape index (κ2) is 7.81. The molecule has 1 saturated heterocycles. The van der Waals surface area contributed by atoms with Crippen LogP contribution in [-0.2, 0) is 0 Å². The van der Waals surface area contributed by atoms with E-state index in [0.29, 0.717) is 5.41 Å². The highest BCUT2D eigenvalue weighted by atomic mass is 15.3. The summed E-state index contributed by atoms with van der Waals surface area (Å²) in [7, 11) is 0. The first kappa shape index (κ1) is 16.3. The molecular formula is C18H31N3. The molecule has 1 aliphatic heterocycles. The fraction of sp³-hybridized carbons (Fsp3) is 0.667. The van der Waals surface area contributed by atoms with Crippen molar-refractivity contribution in [1.29, 1.82) is 0 Å². The Hall–Kier alpha value is -1.06. The van der Waals surface area contributed by atoms with Crippen molar-refractivity contribution in [3.8, 4) is 0 Å². The molecule has 1 aromatic rings. The number of nitrogens with zero attached hydrogens (tertiary/aromatic N) is 2. The van der Waals surface area contributed by atoms with Crippen LogP contribution >= 0.6 is 0 Å². The van der Waals surface area contributed by atoms with E-state index < -0.39 is 0 Å². The van der Waals surface area contributed by atoms with Gasteiger partial charge in [-0.3, -0.25) is 4.90 Å². The number of anilines is 1. The first-order chi connectivity index (χ1) is 10.0. The molecule has 3 nitrogen and oxygen atoms in total. The minimum absolute atomic E-state index is 0.439. The predicted molar refractivity (Wildman–Crippen MR) is 92.0 cm³/mol. The van der Waals surface area contributed by atoms with Crippen molar-refractivity contribution in [2.75, 3.05) is 50.7 Å². The summed E-state index contributed by atoms with van der Waals surface area (Å²) in [4.78, 5) is 5.06. The van der Waals surface area contributed by atoms with Crippen LogP contribution in [0.25, 0.3) is 0 Å². The first-order valence-electron chi connectivity index (χ1n) is 8.28. The minimum Gasteiger partial charge on any atom is -0.369 e. The van der Waals surface area contributed by atoms with Gasteiger partial charge < -0.3 is 10.2 Å². The number of benzene rings is 1. The van der Waals surface area contributed by atoms with Gasteiger partial charge in [0.25, 0.3) is 0 Å². The average molecular weight is 289 g/mol. The molecule has 0 bridgehead atoms. The summed E-state index contributed by atoms with van der Waals surface area (Å²) in [5.41, 5.74) is 1.80. The number of para-hydroxylation sites is 1. The zero-order valence-corrected chi connectivity index (χ0v) is 13.9. The molecule has 3 heteroatoms. The lowest BCUT2D eigenvalue weighted by Gasteiger charge is -2.36. The Morgan fingerprint density at radius 2 is 1.62 bits per heavy atom. The third-order valence-electron chi connectivity index (χ3n) is 4.15. The SMILES string of the molecule is CC(C)(C)CCNCCN1CCN(c2ccccc2)CC1. The lowest BCUT2D eigenvalue weighted by atomic mass is 9.92. The van der Waals surface area contributed by atoms with Gasteiger partial charge in [0.1, 0.15) is 0 Å². The van der Waals surface area contributed by atoms with Gasteiger partial charge in [0.05, 0.1) is 0 Å². The second-order valence-corrected chi connectivity index (χ2v) is 7.22. The third kappa shape index (κ3) is 6.06. The molecule has 0 spiro atoms. The van der Waals surface area contributed by atoms with Crippen LogP contribution in [0.5, 0.6) is 0 Å². The molecule has 0 saturated carbocycles.